The van der Waals surface area contributed by atoms with E-state index in [9.17, 15) is 4.39 Å². The van der Waals surface area contributed by atoms with Gasteiger partial charge in [-0.25, -0.2) is 14.4 Å². The minimum atomic E-state index is -0.232. The molecule has 0 radical (unpaired) electrons. The van der Waals surface area contributed by atoms with E-state index in [1.165, 1.54) is 0 Å². The van der Waals surface area contributed by atoms with Crippen LogP contribution in [0.4, 0.5) is 15.9 Å². The van der Waals surface area contributed by atoms with Crippen molar-refractivity contribution in [2.75, 3.05) is 31.3 Å². The number of anilines is 2. The number of nitrogens with zero attached hydrogens (tertiary/aromatic N) is 2. The highest BCUT2D eigenvalue weighted by atomic mass is 19.1. The highest BCUT2D eigenvalue weighted by Gasteiger charge is 2.42. The maximum atomic E-state index is 14.6. The molecule has 4 rings (SSSR count). The number of nitrogens with one attached hydrogen (secondary N) is 2. The summed E-state index contributed by atoms with van der Waals surface area (Å²) in [7, 11) is 3.58. The van der Waals surface area contributed by atoms with Crippen LogP contribution in [0.2, 0.25) is 0 Å². The van der Waals surface area contributed by atoms with E-state index in [2.05, 4.69) is 26.7 Å². The lowest BCUT2D eigenvalue weighted by Gasteiger charge is -2.16. The average Bonchev–Trinajstić information content (AvgIpc) is 3.56. The van der Waals surface area contributed by atoms with Gasteiger partial charge in [0.05, 0.1) is 17.0 Å². The molecule has 0 aliphatic heterocycles. The number of methoxy groups -OCH3 is 1. The van der Waals surface area contributed by atoms with Gasteiger partial charge in [-0.3, -0.25) is 0 Å². The molecule has 0 bridgehead atoms. The Morgan fingerprint density at radius 3 is 2.63 bits per heavy atom. The standard InChI is InChI=1S/C24H27FN4O/c1-16-11-20(25)22(27-10-9-24(30-3)7-8-24)13-19(16)17-5-4-6-18(12-17)21-14-23(26-2)29-15-28-21/h4-6,11-15,27H,7-10H2,1-3H3,(H,26,28,29). The van der Waals surface area contributed by atoms with Crippen LogP contribution in [0.25, 0.3) is 22.4 Å². The summed E-state index contributed by atoms with van der Waals surface area (Å²) >= 11 is 0. The molecule has 0 spiro atoms. The second kappa shape index (κ2) is 8.40. The highest BCUT2D eigenvalue weighted by Crippen LogP contribution is 2.42. The first-order chi connectivity index (χ1) is 14.5. The largest absolute Gasteiger partial charge is 0.383 e. The number of hydrogen-bond donors (Lipinski definition) is 2. The van der Waals surface area contributed by atoms with Crippen LogP contribution in [0.15, 0.2) is 48.8 Å². The van der Waals surface area contributed by atoms with E-state index in [0.29, 0.717) is 12.2 Å². The Hall–Kier alpha value is -2.99. The fourth-order valence-electron chi connectivity index (χ4n) is 3.74. The van der Waals surface area contributed by atoms with Crippen LogP contribution in [-0.4, -0.2) is 36.3 Å². The van der Waals surface area contributed by atoms with Gasteiger partial charge >= 0.3 is 0 Å². The van der Waals surface area contributed by atoms with Crippen LogP contribution < -0.4 is 10.6 Å². The lowest BCUT2D eigenvalue weighted by molar-refractivity contribution is 0.0759. The predicted molar refractivity (Wildman–Crippen MR) is 119 cm³/mol. The van der Waals surface area contributed by atoms with Gasteiger partial charge in [-0.15, -0.1) is 0 Å². The maximum absolute atomic E-state index is 14.6. The van der Waals surface area contributed by atoms with Gasteiger partial charge in [0.25, 0.3) is 0 Å². The maximum Gasteiger partial charge on any atom is 0.146 e. The van der Waals surface area contributed by atoms with Crippen molar-refractivity contribution in [3.63, 3.8) is 0 Å². The van der Waals surface area contributed by atoms with Gasteiger partial charge in [0.1, 0.15) is 18.0 Å². The quantitative estimate of drug-likeness (QED) is 0.533. The number of aryl methyl sites for hydroxylation is 1. The number of aromatic nitrogens is 2. The Bertz CT molecular complexity index is 1050. The fourth-order valence-corrected chi connectivity index (χ4v) is 3.74. The van der Waals surface area contributed by atoms with Gasteiger partial charge < -0.3 is 15.4 Å². The molecule has 0 unspecified atom stereocenters. The second-order valence-corrected chi connectivity index (χ2v) is 7.83. The summed E-state index contributed by atoms with van der Waals surface area (Å²) in [5.74, 6) is 0.531. The SMILES string of the molecule is CNc1cc(-c2cccc(-c3cc(NCCC4(OC)CC4)c(F)cc3C)c2)ncn1. The Labute approximate surface area is 176 Å². The van der Waals surface area contributed by atoms with Gasteiger partial charge in [0, 0.05) is 32.3 Å². The molecular weight excluding hydrogens is 379 g/mol. The average molecular weight is 407 g/mol. The third-order valence-corrected chi connectivity index (χ3v) is 5.84. The fraction of sp³-hybridized carbons (Fsp3) is 0.333. The van der Waals surface area contributed by atoms with E-state index >= 15 is 0 Å². The molecule has 3 aromatic rings. The summed E-state index contributed by atoms with van der Waals surface area (Å²) in [6.45, 7) is 2.61. The Balaban J connectivity index is 1.60. The van der Waals surface area contributed by atoms with E-state index in [4.69, 9.17) is 4.74 Å². The first-order valence-electron chi connectivity index (χ1n) is 10.2. The van der Waals surface area contributed by atoms with Crippen molar-refractivity contribution >= 4 is 11.5 Å². The van der Waals surface area contributed by atoms with E-state index in [1.807, 2.05) is 44.3 Å². The van der Waals surface area contributed by atoms with E-state index in [0.717, 1.165) is 53.0 Å². The zero-order valence-corrected chi connectivity index (χ0v) is 17.6. The Kier molecular flexibility index (Phi) is 5.68. The third-order valence-electron chi connectivity index (χ3n) is 5.84. The summed E-state index contributed by atoms with van der Waals surface area (Å²) in [4.78, 5) is 8.56. The van der Waals surface area contributed by atoms with Crippen LogP contribution in [0.3, 0.4) is 0 Å². The van der Waals surface area contributed by atoms with Crippen LogP contribution in [-0.2, 0) is 4.74 Å². The summed E-state index contributed by atoms with van der Waals surface area (Å²) in [5.41, 5.74) is 5.25. The second-order valence-electron chi connectivity index (χ2n) is 7.83. The van der Waals surface area contributed by atoms with Crippen molar-refractivity contribution in [2.45, 2.75) is 31.8 Å². The molecule has 5 nitrogen and oxygen atoms in total. The molecule has 1 aliphatic rings. The van der Waals surface area contributed by atoms with Crippen molar-refractivity contribution in [3.05, 3.63) is 60.2 Å². The van der Waals surface area contributed by atoms with E-state index in [1.54, 1.807) is 19.5 Å². The molecule has 1 saturated carbocycles. The van der Waals surface area contributed by atoms with Gasteiger partial charge in [0.15, 0.2) is 0 Å². The van der Waals surface area contributed by atoms with Crippen molar-refractivity contribution < 1.29 is 9.13 Å². The topological polar surface area (TPSA) is 59.1 Å². The molecule has 6 heteroatoms. The summed E-state index contributed by atoms with van der Waals surface area (Å²) < 4.78 is 20.1. The molecule has 1 aromatic heterocycles. The van der Waals surface area contributed by atoms with Crippen molar-refractivity contribution in [1.82, 2.24) is 9.97 Å². The molecule has 1 heterocycles. The molecule has 2 N–H and O–H groups in total. The van der Waals surface area contributed by atoms with Gasteiger partial charge in [0.2, 0.25) is 0 Å². The van der Waals surface area contributed by atoms with Gasteiger partial charge in [-0.1, -0.05) is 18.2 Å². The molecule has 1 fully saturated rings. The van der Waals surface area contributed by atoms with Crippen molar-refractivity contribution in [2.24, 2.45) is 0 Å². The zero-order chi connectivity index (χ0) is 21.1. The Morgan fingerprint density at radius 2 is 1.90 bits per heavy atom. The van der Waals surface area contributed by atoms with E-state index in [-0.39, 0.29) is 11.4 Å². The first-order valence-corrected chi connectivity index (χ1v) is 10.2. The minimum absolute atomic E-state index is 0.00489. The normalized spacial score (nSPS) is 14.4. The molecule has 1 aliphatic carbocycles. The van der Waals surface area contributed by atoms with Crippen LogP contribution >= 0.6 is 0 Å². The predicted octanol–water partition coefficient (Wildman–Crippen LogP) is 5.28. The molecule has 30 heavy (non-hydrogen) atoms. The summed E-state index contributed by atoms with van der Waals surface area (Å²) in [6, 6.07) is 13.5. The zero-order valence-electron chi connectivity index (χ0n) is 17.6. The van der Waals surface area contributed by atoms with Crippen LogP contribution in [0.5, 0.6) is 0 Å². The smallest absolute Gasteiger partial charge is 0.146 e. The number of hydrogen-bond acceptors (Lipinski definition) is 5. The highest BCUT2D eigenvalue weighted by molar-refractivity contribution is 5.76. The lowest BCUT2D eigenvalue weighted by atomic mass is 9.97. The van der Waals surface area contributed by atoms with Crippen molar-refractivity contribution in [1.29, 1.82) is 0 Å². The lowest BCUT2D eigenvalue weighted by Crippen LogP contribution is -2.17. The molecular formula is C24H27FN4O. The third kappa shape index (κ3) is 4.28. The molecule has 156 valence electrons. The summed E-state index contributed by atoms with van der Waals surface area (Å²) in [5, 5.41) is 6.29. The minimum Gasteiger partial charge on any atom is -0.383 e. The van der Waals surface area contributed by atoms with Crippen LogP contribution in [0, 0.1) is 12.7 Å². The Morgan fingerprint density at radius 1 is 1.10 bits per heavy atom. The number of ether oxygens (including phenoxy) is 1. The molecule has 2 aromatic carbocycles. The van der Waals surface area contributed by atoms with E-state index < -0.39 is 0 Å². The summed E-state index contributed by atoms with van der Waals surface area (Å²) in [6.07, 6.45) is 4.59. The number of halogens is 1. The number of rotatable bonds is 8. The molecule has 0 amide bonds. The first kappa shape index (κ1) is 20.3. The molecule has 0 atom stereocenters. The number of benzene rings is 2. The van der Waals surface area contributed by atoms with Gasteiger partial charge in [-0.05, 0) is 61.1 Å². The van der Waals surface area contributed by atoms with Gasteiger partial charge in [-0.2, -0.15) is 0 Å². The molecule has 0 saturated heterocycles. The van der Waals surface area contributed by atoms with Crippen molar-refractivity contribution in [3.8, 4) is 22.4 Å². The van der Waals surface area contributed by atoms with Crippen LogP contribution in [0.1, 0.15) is 24.8 Å². The monoisotopic (exact) mass is 406 g/mol.